The summed E-state index contributed by atoms with van der Waals surface area (Å²) in [6.07, 6.45) is 3.39. The molecule has 5 N–H and O–H groups in total. The molecule has 4 bridgehead atoms. The highest BCUT2D eigenvalue weighted by atomic mass is 35.5. The molecule has 3 aromatic rings. The third-order valence-corrected chi connectivity index (χ3v) is 26.5. The number of aliphatic hydroxyl groups excluding tert-OH is 1. The number of nitrogens with zero attached hydrogens (tertiary/aromatic N) is 7. The fourth-order valence-electron chi connectivity index (χ4n) is 14.9. The molecule has 2 unspecified atom stereocenters. The van der Waals surface area contributed by atoms with Crippen molar-refractivity contribution in [1.29, 1.82) is 0 Å². The number of thiazole rings is 1. The molecule has 118 heavy (non-hydrogen) atoms. The van der Waals surface area contributed by atoms with Crippen molar-refractivity contribution in [3.05, 3.63) is 127 Å². The minimum Gasteiger partial charge on any atom is -0.481 e. The molecule has 4 aliphatic heterocycles. The first-order valence-electron chi connectivity index (χ1n) is 40.2. The van der Waals surface area contributed by atoms with E-state index in [1.54, 1.807) is 102 Å². The van der Waals surface area contributed by atoms with Gasteiger partial charge in [-0.2, -0.15) is 0 Å². The van der Waals surface area contributed by atoms with E-state index in [1.165, 1.54) is 58.3 Å². The molecule has 2 aromatic carbocycles. The van der Waals surface area contributed by atoms with Crippen LogP contribution in [0.4, 0.5) is 10.5 Å². The monoisotopic (exact) mass is 1710 g/mol. The molecule has 0 radical (unpaired) electrons. The van der Waals surface area contributed by atoms with Crippen LogP contribution in [0.15, 0.2) is 88.5 Å². The van der Waals surface area contributed by atoms with Crippen molar-refractivity contribution >= 4 is 123 Å². The number of benzene rings is 2. The van der Waals surface area contributed by atoms with Gasteiger partial charge >= 0.3 is 24.0 Å². The number of hydrazine groups is 1. The van der Waals surface area contributed by atoms with Gasteiger partial charge in [-0.25, -0.2) is 19.8 Å². The maximum atomic E-state index is 15.0. The number of aromatic nitrogens is 1. The molecule has 0 aliphatic carbocycles. The molecule has 28 nitrogen and oxygen atoms in total. The Hall–Kier alpha value is -8.14. The molecule has 6 amide bonds. The number of nitrogens with one attached hydrogen (secondary N) is 2. The minimum atomic E-state index is -1.93. The number of amides is 6. The fraction of sp³-hybridized carbons (Fsp3) is 0.593. The van der Waals surface area contributed by atoms with Crippen LogP contribution in [-0.4, -0.2) is 235 Å². The maximum Gasteiger partial charge on any atom is 0.409 e. The minimum absolute atomic E-state index is 0.000566. The van der Waals surface area contributed by atoms with Crippen molar-refractivity contribution in [1.82, 2.24) is 40.3 Å². The third kappa shape index (κ3) is 26.2. The van der Waals surface area contributed by atoms with E-state index in [-0.39, 0.29) is 93.7 Å². The van der Waals surface area contributed by atoms with Crippen molar-refractivity contribution in [2.45, 2.75) is 227 Å². The van der Waals surface area contributed by atoms with Gasteiger partial charge in [0.15, 0.2) is 29.2 Å². The molecule has 7 rings (SSSR count). The molecule has 0 saturated carbocycles. The van der Waals surface area contributed by atoms with Crippen molar-refractivity contribution in [2.75, 3.05) is 71.0 Å². The van der Waals surface area contributed by atoms with Crippen LogP contribution in [0.3, 0.4) is 0 Å². The molecule has 2 saturated heterocycles. The highest BCUT2D eigenvalue weighted by Gasteiger charge is 2.64. The van der Waals surface area contributed by atoms with Gasteiger partial charge in [0.25, 0.3) is 17.7 Å². The highest BCUT2D eigenvalue weighted by molar-refractivity contribution is 8.18. The third-order valence-electron chi connectivity index (χ3n) is 23.3. The lowest BCUT2D eigenvalue weighted by Crippen LogP contribution is -2.62. The number of alkyl carbamates (subject to hydrolysis) is 1. The number of hydrogen-bond acceptors (Lipinski definition) is 24. The Labute approximate surface area is 710 Å². The van der Waals surface area contributed by atoms with Crippen LogP contribution < -0.4 is 15.5 Å². The number of carboxylic acids is 1. The number of aliphatic carboxylic acids is 1. The van der Waals surface area contributed by atoms with Gasteiger partial charge in [-0.3, -0.25) is 67.9 Å². The number of carboxylic acid groups (broad SMARTS) is 1. The first-order chi connectivity index (χ1) is 55.4. The summed E-state index contributed by atoms with van der Waals surface area (Å²) in [7, 11) is 6.54. The molecule has 0 spiro atoms. The Bertz CT molecular complexity index is 4250. The lowest BCUT2D eigenvalue weighted by Gasteiger charge is -2.42. The fourth-order valence-corrected chi connectivity index (χ4v) is 17.3. The van der Waals surface area contributed by atoms with E-state index in [0.29, 0.717) is 45.6 Å². The summed E-state index contributed by atoms with van der Waals surface area (Å²) in [6.45, 7) is 23.0. The number of halogens is 1. The molecule has 5 heterocycles. The van der Waals surface area contributed by atoms with Crippen LogP contribution in [0.25, 0.3) is 0 Å². The number of aliphatic hydroxyl groups is 2. The molecular weight excluding hydrogens is 1590 g/mol. The SMILES string of the molecule is CC[C@H](C)[C@H](CC(=O)C(C)(C)N(C)CCC(=O)CN1C(=O)/C=C/SCS/C=C/C(=O)N1CC(=O)CCCN(C)[C@@H](C)C(=O)O[C@H]1CC(=O)N(C)c2cc(cc(C)c2Cl)C/C(C)=C/C=C/[C@@H](CO)[C@@]2(O)CC(OC(=O)N2)[C@@H](C)[C@H]2O[C@@]12C)C(=O)N(C)[C@H](C[C@@H](OC(C)=O)c1nc(C(=O)N[C@@H](Cc2ccc(C)cc2)CC(C)C(=O)O)cs1)C(C)C. The number of hydrogen-bond donors (Lipinski definition) is 5. The smallest absolute Gasteiger partial charge is 0.409 e. The molecule has 14 atom stereocenters. The van der Waals surface area contributed by atoms with Gasteiger partial charge in [0, 0.05) is 112 Å². The van der Waals surface area contributed by atoms with E-state index in [9.17, 15) is 68.1 Å². The molecule has 648 valence electrons. The summed E-state index contributed by atoms with van der Waals surface area (Å²) in [6, 6.07) is 9.36. The Morgan fingerprint density at radius 1 is 0.898 bits per heavy atom. The van der Waals surface area contributed by atoms with E-state index >= 15 is 4.79 Å². The normalized spacial score (nSPS) is 23.9. The average Bonchev–Trinajstić information content (AvgIpc) is 1.57. The van der Waals surface area contributed by atoms with Crippen LogP contribution in [0.2, 0.25) is 5.02 Å². The summed E-state index contributed by atoms with van der Waals surface area (Å²) >= 11 is 10.6. The first kappa shape index (κ1) is 97.0. The number of Topliss-reactive ketones (excluding diaryl/α,β-unsaturated/α-hetero) is 3. The summed E-state index contributed by atoms with van der Waals surface area (Å²) in [5.74, 6) is -10.1. The van der Waals surface area contributed by atoms with Gasteiger partial charge in [0.05, 0.1) is 41.3 Å². The number of ether oxygens (including phenoxy) is 4. The summed E-state index contributed by atoms with van der Waals surface area (Å²) in [5.41, 5.74) is 0.348. The lowest BCUT2D eigenvalue weighted by atomic mass is 9.81. The Morgan fingerprint density at radius 2 is 1.53 bits per heavy atom. The largest absolute Gasteiger partial charge is 0.481 e. The highest BCUT2D eigenvalue weighted by Crippen LogP contribution is 2.50. The van der Waals surface area contributed by atoms with Crippen LogP contribution in [0, 0.1) is 49.4 Å². The summed E-state index contributed by atoms with van der Waals surface area (Å²) in [4.78, 5) is 178. The summed E-state index contributed by atoms with van der Waals surface area (Å²) < 4.78 is 24.3. The van der Waals surface area contributed by atoms with Crippen LogP contribution in [-0.2, 0) is 79.7 Å². The lowest BCUT2D eigenvalue weighted by molar-refractivity contribution is -0.161. The quantitative estimate of drug-likeness (QED) is 0.0207. The number of esters is 2. The zero-order valence-electron chi connectivity index (χ0n) is 71.2. The standard InChI is InChI=1S/C86H120ClN9O19S3/c1-19-53(6)65(80(106)94(18)67(50(2)3)42-69(112-58(11)98)79-89-66(48-118-79)78(105)88-62(38-55(8)81(107)108)39-59-27-25-51(4)26-28-59)41-71(101)84(12,13)92(16)33-29-64(100)46-96-74(103)31-35-117-49-116-34-30-73(102)95(96)45-63(99)24-21-32-91(15)57(10)82(109)114-72-43-75(104)93(17)68-40-60(37-54(7)76(68)87)36-52(5)22-20-23-61(47-97)86(111)44-70(113-83(110)90-86)56(9)77-85(72,14)115-77/h20,22-23,25-28,30-31,34-35,37,40,48,50,53,55-57,61-62,65,67,69-70,72,77,97,111H,19,21,24,29,32-33,36,38-39,41-47,49H2,1-18H3,(H,88,105)(H,90,110)(H,107,108)/b23-20+,34-30+,35-31+,52-22+/t53-,55?,56+,57-,61-,62+,65-,67+,69+,70?,72-,77+,85-,86-/m0/s1. The van der Waals surface area contributed by atoms with E-state index in [0.717, 1.165) is 43.6 Å². The number of carbonyl (C=O) groups excluding carboxylic acids is 11. The molecule has 4 aliphatic rings. The zero-order chi connectivity index (χ0) is 87.6. The van der Waals surface area contributed by atoms with Crippen molar-refractivity contribution in [3.63, 3.8) is 0 Å². The number of anilines is 1. The predicted molar refractivity (Wildman–Crippen MR) is 454 cm³/mol. The van der Waals surface area contributed by atoms with Gasteiger partial charge in [-0.1, -0.05) is 119 Å². The van der Waals surface area contributed by atoms with Gasteiger partial charge in [-0.15, -0.1) is 34.9 Å². The van der Waals surface area contributed by atoms with Gasteiger partial charge in [0.1, 0.15) is 47.6 Å². The van der Waals surface area contributed by atoms with Crippen molar-refractivity contribution < 1.29 is 91.8 Å². The Balaban J connectivity index is 0.990. The van der Waals surface area contributed by atoms with Gasteiger partial charge in [-0.05, 0) is 140 Å². The molecule has 32 heteroatoms. The van der Waals surface area contributed by atoms with Gasteiger partial charge < -0.3 is 49.4 Å². The number of rotatable bonds is 35. The van der Waals surface area contributed by atoms with E-state index in [4.69, 9.17) is 30.5 Å². The number of allylic oxidation sites excluding steroid dienone is 3. The number of fused-ring (bicyclic) bond motifs is 5. The number of epoxide rings is 1. The van der Waals surface area contributed by atoms with Crippen LogP contribution in [0.5, 0.6) is 0 Å². The topological polar surface area (TPSA) is 362 Å². The average molecular weight is 1720 g/mol. The summed E-state index contributed by atoms with van der Waals surface area (Å²) in [5, 5.41) is 45.3. The predicted octanol–water partition coefficient (Wildman–Crippen LogP) is 11.0. The van der Waals surface area contributed by atoms with Gasteiger partial charge in [0.2, 0.25) is 11.8 Å². The second-order valence-corrected chi connectivity index (χ2v) is 36.4. The van der Waals surface area contributed by atoms with Crippen LogP contribution >= 0.6 is 46.5 Å². The zero-order valence-corrected chi connectivity index (χ0v) is 74.4. The number of thioether (sulfide) groups is 2. The first-order valence-corrected chi connectivity index (χ1v) is 43.5. The van der Waals surface area contributed by atoms with E-state index in [2.05, 4.69) is 15.6 Å². The van der Waals surface area contributed by atoms with Crippen LogP contribution in [0.1, 0.15) is 185 Å². The number of likely N-dealkylation sites (N-methyl/N-ethyl adjacent to an activating group) is 2. The second kappa shape index (κ2) is 43.4. The van der Waals surface area contributed by atoms with E-state index < -0.39 is 162 Å². The molecular formula is C86H120ClN9O19S3. The Morgan fingerprint density at radius 3 is 2.14 bits per heavy atom. The number of ketones is 3. The maximum absolute atomic E-state index is 15.0. The second-order valence-electron chi connectivity index (χ2n) is 33.0. The molecule has 2 fully saturated rings. The number of aryl methyl sites for hydroxylation is 2. The Kier molecular flexibility index (Phi) is 35.7. The number of carbonyl (C=O) groups is 12. The van der Waals surface area contributed by atoms with Crippen molar-refractivity contribution in [2.24, 2.45) is 35.5 Å². The van der Waals surface area contributed by atoms with E-state index in [1.807, 2.05) is 90.9 Å². The van der Waals surface area contributed by atoms with Crippen molar-refractivity contribution in [3.8, 4) is 0 Å². The molecule has 1 aromatic heterocycles.